The SMILES string of the molecule is CCSc1cccc(C)c1NS(=O)(=O)NC(=O)n1nc(Cl)n(CC)c1=O. The number of amides is 1. The quantitative estimate of drug-likeness (QED) is 0.692. The van der Waals surface area contributed by atoms with Crippen LogP contribution in [0.2, 0.25) is 5.28 Å². The molecule has 0 aliphatic carbocycles. The molecule has 0 aliphatic rings. The third-order valence-electron chi connectivity index (χ3n) is 3.32. The Hall–Kier alpha value is -1.98. The molecule has 1 aromatic heterocycles. The van der Waals surface area contributed by atoms with Gasteiger partial charge in [-0.25, -0.2) is 14.3 Å². The second-order valence-electron chi connectivity index (χ2n) is 5.10. The molecule has 9 nitrogen and oxygen atoms in total. The van der Waals surface area contributed by atoms with Crippen molar-refractivity contribution in [3.63, 3.8) is 0 Å². The van der Waals surface area contributed by atoms with Gasteiger partial charge in [0, 0.05) is 11.4 Å². The largest absolute Gasteiger partial charge is 0.361 e. The monoisotopic (exact) mass is 419 g/mol. The molecular weight excluding hydrogens is 402 g/mol. The number of para-hydroxylation sites is 1. The molecule has 1 heterocycles. The van der Waals surface area contributed by atoms with Crippen LogP contribution in [-0.2, 0) is 16.8 Å². The maximum Gasteiger partial charge on any atom is 0.361 e. The van der Waals surface area contributed by atoms with Crippen LogP contribution in [0.1, 0.15) is 19.4 Å². The number of hydrogen-bond acceptors (Lipinski definition) is 6. The van der Waals surface area contributed by atoms with Crippen molar-refractivity contribution in [3.8, 4) is 0 Å². The molecule has 0 saturated carbocycles. The number of aromatic nitrogens is 3. The van der Waals surface area contributed by atoms with Crippen molar-refractivity contribution in [2.24, 2.45) is 0 Å². The topological polar surface area (TPSA) is 115 Å². The van der Waals surface area contributed by atoms with E-state index in [0.29, 0.717) is 15.9 Å². The Balaban J connectivity index is 2.28. The van der Waals surface area contributed by atoms with E-state index in [1.807, 2.05) is 13.0 Å². The van der Waals surface area contributed by atoms with Crippen LogP contribution in [0.3, 0.4) is 0 Å². The molecule has 1 aromatic carbocycles. The van der Waals surface area contributed by atoms with E-state index >= 15 is 0 Å². The van der Waals surface area contributed by atoms with Crippen molar-refractivity contribution < 1.29 is 13.2 Å². The van der Waals surface area contributed by atoms with Crippen LogP contribution in [-0.4, -0.2) is 34.5 Å². The number of benzene rings is 1. The summed E-state index contributed by atoms with van der Waals surface area (Å²) in [5.74, 6) is 0.743. The number of carbonyl (C=O) groups is 1. The Labute approximate surface area is 159 Å². The summed E-state index contributed by atoms with van der Waals surface area (Å²) in [5.41, 5.74) is 0.226. The highest BCUT2D eigenvalue weighted by Crippen LogP contribution is 2.30. The van der Waals surface area contributed by atoms with E-state index in [2.05, 4.69) is 9.82 Å². The van der Waals surface area contributed by atoms with Gasteiger partial charge in [-0.15, -0.1) is 21.5 Å². The van der Waals surface area contributed by atoms with E-state index in [0.717, 1.165) is 15.2 Å². The number of carbonyl (C=O) groups excluding carboxylic acids is 1. The molecule has 12 heteroatoms. The zero-order valence-electron chi connectivity index (χ0n) is 14.3. The second-order valence-corrected chi connectivity index (χ2v) is 8.16. The lowest BCUT2D eigenvalue weighted by atomic mass is 10.2. The summed E-state index contributed by atoms with van der Waals surface area (Å²) < 4.78 is 30.1. The van der Waals surface area contributed by atoms with Crippen molar-refractivity contribution in [1.29, 1.82) is 0 Å². The fourth-order valence-corrected chi connectivity index (χ4v) is 4.22. The number of anilines is 1. The van der Waals surface area contributed by atoms with Crippen LogP contribution in [0.15, 0.2) is 27.9 Å². The van der Waals surface area contributed by atoms with Crippen LogP contribution in [0, 0.1) is 6.92 Å². The Morgan fingerprint density at radius 2 is 2.04 bits per heavy atom. The lowest BCUT2D eigenvalue weighted by molar-refractivity contribution is 0.243. The van der Waals surface area contributed by atoms with Crippen molar-refractivity contribution in [1.82, 2.24) is 19.1 Å². The zero-order chi connectivity index (χ0) is 19.5. The smallest absolute Gasteiger partial charge is 0.266 e. The molecule has 2 aromatic rings. The van der Waals surface area contributed by atoms with Crippen LogP contribution < -0.4 is 15.1 Å². The summed E-state index contributed by atoms with van der Waals surface area (Å²) in [6.45, 7) is 5.51. The van der Waals surface area contributed by atoms with E-state index in [-0.39, 0.29) is 11.8 Å². The molecule has 2 N–H and O–H groups in total. The highest BCUT2D eigenvalue weighted by Gasteiger charge is 2.22. The van der Waals surface area contributed by atoms with Crippen molar-refractivity contribution >= 4 is 45.3 Å². The Morgan fingerprint density at radius 1 is 1.35 bits per heavy atom. The maximum atomic E-state index is 12.3. The first-order chi connectivity index (χ1) is 12.2. The molecule has 0 bridgehead atoms. The zero-order valence-corrected chi connectivity index (χ0v) is 16.7. The van der Waals surface area contributed by atoms with Crippen molar-refractivity contribution in [2.45, 2.75) is 32.2 Å². The minimum atomic E-state index is -4.29. The lowest BCUT2D eigenvalue weighted by Gasteiger charge is -2.14. The van der Waals surface area contributed by atoms with Gasteiger partial charge in [-0.05, 0) is 42.8 Å². The van der Waals surface area contributed by atoms with Crippen molar-refractivity contribution in [3.05, 3.63) is 39.5 Å². The number of hydrogen-bond donors (Lipinski definition) is 2. The standard InChI is InChI=1S/C14H18ClN5O4S2/c1-4-19-12(15)16-20(14(19)22)13(21)18-26(23,24)17-11-9(3)7-6-8-10(11)25-5-2/h6-8,17H,4-5H2,1-3H3,(H,18,21). The van der Waals surface area contributed by atoms with E-state index in [1.54, 1.807) is 30.7 Å². The Kier molecular flexibility index (Phi) is 6.37. The minimum absolute atomic E-state index is 0.191. The van der Waals surface area contributed by atoms with Crippen LogP contribution in [0.25, 0.3) is 0 Å². The van der Waals surface area contributed by atoms with Gasteiger partial charge in [0.15, 0.2) is 0 Å². The molecule has 2 rings (SSSR count). The van der Waals surface area contributed by atoms with Gasteiger partial charge in [0.2, 0.25) is 5.28 Å². The fraction of sp³-hybridized carbons (Fsp3) is 0.357. The molecule has 0 unspecified atom stereocenters. The third-order valence-corrected chi connectivity index (χ3v) is 5.45. The molecule has 1 amide bonds. The number of nitrogens with one attached hydrogen (secondary N) is 2. The van der Waals surface area contributed by atoms with E-state index < -0.39 is 21.9 Å². The number of rotatable bonds is 6. The summed E-state index contributed by atoms with van der Waals surface area (Å²) in [7, 11) is -4.29. The number of nitrogens with zero attached hydrogens (tertiary/aromatic N) is 3. The molecule has 0 atom stereocenters. The molecule has 26 heavy (non-hydrogen) atoms. The molecule has 0 saturated heterocycles. The first kappa shape index (κ1) is 20.3. The van der Waals surface area contributed by atoms with Crippen LogP contribution in [0.5, 0.6) is 0 Å². The predicted octanol–water partition coefficient (Wildman–Crippen LogP) is 2.05. The molecule has 0 fully saturated rings. The number of aryl methyl sites for hydroxylation is 1. The number of halogens is 1. The van der Waals surface area contributed by atoms with Gasteiger partial charge in [-0.3, -0.25) is 9.29 Å². The van der Waals surface area contributed by atoms with Gasteiger partial charge < -0.3 is 0 Å². The summed E-state index contributed by atoms with van der Waals surface area (Å²) in [5, 5.41) is 3.35. The normalized spacial score (nSPS) is 11.4. The summed E-state index contributed by atoms with van der Waals surface area (Å²) in [4.78, 5) is 24.9. The van der Waals surface area contributed by atoms with E-state index in [4.69, 9.17) is 11.6 Å². The first-order valence-corrected chi connectivity index (χ1v) is 10.5. The highest BCUT2D eigenvalue weighted by atomic mass is 35.5. The second kappa shape index (κ2) is 8.14. The molecule has 0 aliphatic heterocycles. The van der Waals surface area contributed by atoms with Gasteiger partial charge in [0.25, 0.3) is 0 Å². The van der Waals surface area contributed by atoms with Gasteiger partial charge in [-0.2, -0.15) is 8.42 Å². The lowest BCUT2D eigenvalue weighted by Crippen LogP contribution is -2.43. The van der Waals surface area contributed by atoms with Crippen molar-refractivity contribution in [2.75, 3.05) is 10.5 Å². The predicted molar refractivity (Wildman–Crippen MR) is 101 cm³/mol. The average Bonchev–Trinajstić information content (AvgIpc) is 2.84. The molecule has 0 spiro atoms. The molecule has 142 valence electrons. The molecular formula is C14H18ClN5O4S2. The van der Waals surface area contributed by atoms with E-state index in [1.165, 1.54) is 11.8 Å². The van der Waals surface area contributed by atoms with Gasteiger partial charge in [0.05, 0.1) is 5.69 Å². The minimum Gasteiger partial charge on any atom is -0.266 e. The highest BCUT2D eigenvalue weighted by molar-refractivity contribution is 7.99. The molecule has 0 radical (unpaired) electrons. The fourth-order valence-electron chi connectivity index (χ4n) is 2.14. The van der Waals surface area contributed by atoms with Gasteiger partial charge in [-0.1, -0.05) is 19.1 Å². The summed E-state index contributed by atoms with van der Waals surface area (Å²) in [6.07, 6.45) is 0. The Morgan fingerprint density at radius 3 is 2.62 bits per heavy atom. The number of thioether (sulfide) groups is 1. The van der Waals surface area contributed by atoms with Gasteiger partial charge >= 0.3 is 21.9 Å². The van der Waals surface area contributed by atoms with Crippen LogP contribution in [0.4, 0.5) is 10.5 Å². The van der Waals surface area contributed by atoms with Crippen LogP contribution >= 0.6 is 23.4 Å². The third kappa shape index (κ3) is 4.40. The van der Waals surface area contributed by atoms with Gasteiger partial charge in [0.1, 0.15) is 0 Å². The Bertz CT molecular complexity index is 984. The maximum absolute atomic E-state index is 12.3. The summed E-state index contributed by atoms with van der Waals surface area (Å²) >= 11 is 7.21. The van der Waals surface area contributed by atoms with E-state index in [9.17, 15) is 18.0 Å². The summed E-state index contributed by atoms with van der Waals surface area (Å²) in [6, 6.07) is 4.10. The average molecular weight is 420 g/mol. The first-order valence-electron chi connectivity index (χ1n) is 7.62.